The molecule has 4 rings (SSSR count). The summed E-state index contributed by atoms with van der Waals surface area (Å²) in [5, 5.41) is 9.04. The topological polar surface area (TPSA) is 84.5 Å². The molecule has 1 saturated heterocycles. The molecule has 0 unspecified atom stereocenters. The molecular weight excluding hydrogens is 382 g/mol. The van der Waals surface area contributed by atoms with Crippen molar-refractivity contribution in [3.63, 3.8) is 0 Å². The molecule has 1 aromatic carbocycles. The number of carbonyl (C=O) groups excluding carboxylic acids is 1. The van der Waals surface area contributed by atoms with Crippen LogP contribution in [0.25, 0.3) is 10.9 Å². The third-order valence-electron chi connectivity index (χ3n) is 5.96. The molecule has 0 bridgehead atoms. The summed E-state index contributed by atoms with van der Waals surface area (Å²) in [7, 11) is 0. The van der Waals surface area contributed by atoms with E-state index in [0.717, 1.165) is 11.3 Å². The van der Waals surface area contributed by atoms with Crippen LogP contribution in [0.3, 0.4) is 0 Å². The fourth-order valence-electron chi connectivity index (χ4n) is 4.09. The van der Waals surface area contributed by atoms with E-state index in [0.29, 0.717) is 49.5 Å². The number of fused-ring (bicyclic) bond motifs is 1. The maximum absolute atomic E-state index is 13.2. The van der Waals surface area contributed by atoms with E-state index in [1.807, 2.05) is 56.0 Å². The Labute approximate surface area is 175 Å². The predicted octanol–water partition coefficient (Wildman–Crippen LogP) is 2.08. The van der Waals surface area contributed by atoms with Gasteiger partial charge < -0.3 is 9.42 Å². The molecule has 0 atom stereocenters. The maximum atomic E-state index is 13.2. The third kappa shape index (κ3) is 3.52. The lowest BCUT2D eigenvalue weighted by Crippen LogP contribution is -2.53. The minimum absolute atomic E-state index is 0.124. The zero-order valence-electron chi connectivity index (χ0n) is 17.9. The molecule has 3 heterocycles. The van der Waals surface area contributed by atoms with E-state index in [1.165, 1.54) is 4.68 Å². The molecule has 0 saturated carbocycles. The van der Waals surface area contributed by atoms with Gasteiger partial charge in [-0.15, -0.1) is 0 Å². The zero-order valence-corrected chi connectivity index (χ0v) is 17.9. The Hall–Kier alpha value is -3.00. The van der Waals surface area contributed by atoms with Crippen molar-refractivity contribution in [3.8, 4) is 0 Å². The van der Waals surface area contributed by atoms with Crippen molar-refractivity contribution < 1.29 is 9.32 Å². The molecule has 1 amide bonds. The molecule has 1 aliphatic heterocycles. The van der Waals surface area contributed by atoms with Crippen LogP contribution in [-0.4, -0.2) is 56.8 Å². The van der Waals surface area contributed by atoms with Crippen molar-refractivity contribution in [2.75, 3.05) is 26.2 Å². The van der Waals surface area contributed by atoms with E-state index in [2.05, 4.69) is 15.2 Å². The third-order valence-corrected chi connectivity index (χ3v) is 5.96. The van der Waals surface area contributed by atoms with Crippen LogP contribution in [0.15, 0.2) is 39.6 Å². The molecule has 1 fully saturated rings. The summed E-state index contributed by atoms with van der Waals surface area (Å²) in [6, 6.07) is 9.87. The molecule has 158 valence electrons. The van der Waals surface area contributed by atoms with Crippen LogP contribution in [0.1, 0.15) is 30.9 Å². The SMILES string of the molecule is Cc1nn(CN2CCN(C(=O)C(C)(C)c3ccccc3)CC2)c(=O)c2noc(C)c12. The molecule has 3 aromatic rings. The van der Waals surface area contributed by atoms with E-state index in [-0.39, 0.29) is 11.5 Å². The standard InChI is InChI=1S/C22H27N5O3/c1-15-18-16(2)30-24-19(18)20(28)27(23-15)14-25-10-12-26(13-11-25)21(29)22(3,4)17-8-6-5-7-9-17/h5-9H,10-14H2,1-4H3. The van der Waals surface area contributed by atoms with Gasteiger partial charge in [0, 0.05) is 26.2 Å². The van der Waals surface area contributed by atoms with Crippen LogP contribution in [0.4, 0.5) is 0 Å². The van der Waals surface area contributed by atoms with Gasteiger partial charge >= 0.3 is 0 Å². The van der Waals surface area contributed by atoms with E-state index in [9.17, 15) is 9.59 Å². The van der Waals surface area contributed by atoms with Gasteiger partial charge in [0.05, 0.1) is 23.2 Å². The first kappa shape index (κ1) is 20.3. The number of aromatic nitrogens is 3. The summed E-state index contributed by atoms with van der Waals surface area (Å²) in [4.78, 5) is 29.9. The average molecular weight is 409 g/mol. The number of amides is 1. The van der Waals surface area contributed by atoms with E-state index in [4.69, 9.17) is 4.52 Å². The quantitative estimate of drug-likeness (QED) is 0.656. The van der Waals surface area contributed by atoms with Gasteiger partial charge in [0.15, 0.2) is 5.52 Å². The summed E-state index contributed by atoms with van der Waals surface area (Å²) in [6.45, 7) is 10.5. The minimum Gasteiger partial charge on any atom is -0.360 e. The van der Waals surface area contributed by atoms with Gasteiger partial charge in [0.2, 0.25) is 5.91 Å². The highest BCUT2D eigenvalue weighted by Gasteiger charge is 2.35. The minimum atomic E-state index is -0.575. The van der Waals surface area contributed by atoms with Gasteiger partial charge in [0.25, 0.3) is 5.56 Å². The normalized spacial score (nSPS) is 15.7. The highest BCUT2D eigenvalue weighted by molar-refractivity contribution is 5.87. The van der Waals surface area contributed by atoms with E-state index >= 15 is 0 Å². The van der Waals surface area contributed by atoms with Crippen molar-refractivity contribution in [2.45, 2.75) is 39.8 Å². The molecule has 0 spiro atoms. The van der Waals surface area contributed by atoms with Gasteiger partial charge in [-0.3, -0.25) is 14.5 Å². The fourth-order valence-corrected chi connectivity index (χ4v) is 4.09. The fraction of sp³-hybridized carbons (Fsp3) is 0.455. The Kier molecular flexibility index (Phi) is 5.19. The molecule has 8 nitrogen and oxygen atoms in total. The van der Waals surface area contributed by atoms with Crippen molar-refractivity contribution >= 4 is 16.8 Å². The first-order valence-electron chi connectivity index (χ1n) is 10.2. The summed E-state index contributed by atoms with van der Waals surface area (Å²) < 4.78 is 6.60. The number of aryl methyl sites for hydroxylation is 2. The number of benzene rings is 1. The van der Waals surface area contributed by atoms with Gasteiger partial charge in [-0.05, 0) is 33.3 Å². The lowest BCUT2D eigenvalue weighted by molar-refractivity contribution is -0.138. The largest absolute Gasteiger partial charge is 0.360 e. The Morgan fingerprint density at radius 3 is 2.43 bits per heavy atom. The summed E-state index contributed by atoms with van der Waals surface area (Å²) >= 11 is 0. The molecule has 0 radical (unpaired) electrons. The van der Waals surface area contributed by atoms with Crippen LogP contribution < -0.4 is 5.56 Å². The van der Waals surface area contributed by atoms with Crippen molar-refractivity contribution in [1.82, 2.24) is 24.7 Å². The lowest BCUT2D eigenvalue weighted by Gasteiger charge is -2.38. The number of carbonyl (C=O) groups is 1. The highest BCUT2D eigenvalue weighted by atomic mass is 16.5. The second-order valence-corrected chi connectivity index (χ2v) is 8.40. The Morgan fingerprint density at radius 2 is 1.77 bits per heavy atom. The first-order chi connectivity index (χ1) is 14.3. The molecule has 30 heavy (non-hydrogen) atoms. The molecule has 2 aromatic heterocycles. The Morgan fingerprint density at radius 1 is 1.10 bits per heavy atom. The second kappa shape index (κ2) is 7.68. The number of rotatable bonds is 4. The van der Waals surface area contributed by atoms with Crippen LogP contribution in [-0.2, 0) is 16.9 Å². The summed E-state index contributed by atoms with van der Waals surface area (Å²) in [5.41, 5.74) is 1.23. The Balaban J connectivity index is 1.44. The van der Waals surface area contributed by atoms with Crippen LogP contribution >= 0.6 is 0 Å². The van der Waals surface area contributed by atoms with Crippen LogP contribution in [0, 0.1) is 13.8 Å². The van der Waals surface area contributed by atoms with Gasteiger partial charge in [0.1, 0.15) is 5.76 Å². The molecule has 8 heteroatoms. The van der Waals surface area contributed by atoms with Crippen LogP contribution in [0.5, 0.6) is 0 Å². The smallest absolute Gasteiger partial charge is 0.298 e. The lowest BCUT2D eigenvalue weighted by atomic mass is 9.83. The number of hydrogen-bond acceptors (Lipinski definition) is 6. The monoisotopic (exact) mass is 409 g/mol. The molecule has 0 aliphatic carbocycles. The van der Waals surface area contributed by atoms with Crippen molar-refractivity contribution in [1.29, 1.82) is 0 Å². The number of hydrogen-bond donors (Lipinski definition) is 0. The maximum Gasteiger partial charge on any atom is 0.298 e. The van der Waals surface area contributed by atoms with Crippen LogP contribution in [0.2, 0.25) is 0 Å². The average Bonchev–Trinajstić information content (AvgIpc) is 3.15. The van der Waals surface area contributed by atoms with Gasteiger partial charge in [-0.25, -0.2) is 4.68 Å². The number of piperazine rings is 1. The molecular formula is C22H27N5O3. The van der Waals surface area contributed by atoms with Gasteiger partial charge in [-0.1, -0.05) is 35.5 Å². The molecule has 1 aliphatic rings. The summed E-state index contributed by atoms with van der Waals surface area (Å²) in [5.74, 6) is 0.728. The van der Waals surface area contributed by atoms with E-state index in [1.54, 1.807) is 6.92 Å². The second-order valence-electron chi connectivity index (χ2n) is 8.40. The first-order valence-corrected chi connectivity index (χ1v) is 10.2. The van der Waals surface area contributed by atoms with Crippen molar-refractivity contribution in [3.05, 3.63) is 57.7 Å². The Bertz CT molecular complexity index is 1120. The summed E-state index contributed by atoms with van der Waals surface area (Å²) in [6.07, 6.45) is 0. The predicted molar refractivity (Wildman–Crippen MR) is 113 cm³/mol. The number of nitrogens with zero attached hydrogens (tertiary/aromatic N) is 5. The highest BCUT2D eigenvalue weighted by Crippen LogP contribution is 2.26. The van der Waals surface area contributed by atoms with Crippen molar-refractivity contribution in [2.24, 2.45) is 0 Å². The van der Waals surface area contributed by atoms with Gasteiger partial charge in [-0.2, -0.15) is 5.10 Å². The zero-order chi connectivity index (χ0) is 21.5. The van der Waals surface area contributed by atoms with E-state index < -0.39 is 5.41 Å². The molecule has 0 N–H and O–H groups in total.